The highest BCUT2D eigenvalue weighted by Crippen LogP contribution is 2.18. The molecule has 0 amide bonds. The molecule has 0 bridgehead atoms. The molecule has 68 valence electrons. The van der Waals surface area contributed by atoms with Crippen LogP contribution in [0.4, 0.5) is 0 Å². The van der Waals surface area contributed by atoms with Crippen LogP contribution in [0.3, 0.4) is 0 Å². The number of hydrogen-bond donors (Lipinski definition) is 3. The van der Waals surface area contributed by atoms with E-state index in [0.717, 1.165) is 11.3 Å². The van der Waals surface area contributed by atoms with Crippen LogP contribution >= 0.6 is 0 Å². The second-order valence-corrected chi connectivity index (χ2v) is 2.55. The van der Waals surface area contributed by atoms with Crippen LogP contribution in [0.1, 0.15) is 17.3 Å². The van der Waals surface area contributed by atoms with E-state index in [4.69, 9.17) is 10.3 Å². The largest absolute Gasteiger partial charge is 0.472 e. The molecule has 2 heterocycles. The Morgan fingerprint density at radius 1 is 1.62 bits per heavy atom. The van der Waals surface area contributed by atoms with Gasteiger partial charge >= 0.3 is 0 Å². The Morgan fingerprint density at radius 3 is 3.08 bits per heavy atom. The lowest BCUT2D eigenvalue weighted by Crippen LogP contribution is -2.28. The fourth-order valence-corrected chi connectivity index (χ4v) is 1.14. The molecule has 0 saturated carbocycles. The highest BCUT2D eigenvalue weighted by molar-refractivity contribution is 5.21. The number of hydrazine groups is 1. The molecule has 6 heteroatoms. The van der Waals surface area contributed by atoms with Crippen molar-refractivity contribution in [3.63, 3.8) is 0 Å². The normalized spacial score (nSPS) is 13.0. The third-order valence-electron chi connectivity index (χ3n) is 1.77. The zero-order valence-corrected chi connectivity index (χ0v) is 6.77. The number of aromatic nitrogens is 3. The van der Waals surface area contributed by atoms with Crippen LogP contribution < -0.4 is 11.3 Å². The Hall–Kier alpha value is -1.66. The van der Waals surface area contributed by atoms with E-state index < -0.39 is 0 Å². The summed E-state index contributed by atoms with van der Waals surface area (Å²) in [7, 11) is 0. The first kappa shape index (κ1) is 7.96. The quantitative estimate of drug-likeness (QED) is 0.453. The van der Waals surface area contributed by atoms with Crippen molar-refractivity contribution in [2.45, 2.75) is 6.04 Å². The first-order chi connectivity index (χ1) is 6.42. The maximum atomic E-state index is 5.38. The summed E-state index contributed by atoms with van der Waals surface area (Å²) >= 11 is 0. The van der Waals surface area contributed by atoms with Crippen molar-refractivity contribution < 1.29 is 4.42 Å². The molecule has 0 saturated heterocycles. The average Bonchev–Trinajstić information content (AvgIpc) is 2.76. The van der Waals surface area contributed by atoms with Crippen molar-refractivity contribution in [3.8, 4) is 0 Å². The monoisotopic (exact) mass is 179 g/mol. The van der Waals surface area contributed by atoms with E-state index in [1.165, 1.54) is 0 Å². The van der Waals surface area contributed by atoms with Gasteiger partial charge in [-0.05, 0) is 6.07 Å². The molecule has 2 aromatic rings. The summed E-state index contributed by atoms with van der Waals surface area (Å²) in [6.07, 6.45) is 4.80. The van der Waals surface area contributed by atoms with Gasteiger partial charge in [0.25, 0.3) is 0 Å². The maximum Gasteiger partial charge on any atom is 0.105 e. The summed E-state index contributed by atoms with van der Waals surface area (Å²) in [6, 6.07) is 1.64. The third kappa shape index (κ3) is 1.44. The molecule has 0 aromatic carbocycles. The number of H-pyrrole nitrogens is 1. The predicted octanol–water partition coefficient (Wildman–Crippen LogP) is -0.0496. The predicted molar refractivity (Wildman–Crippen MR) is 44.3 cm³/mol. The van der Waals surface area contributed by atoms with Gasteiger partial charge < -0.3 is 4.42 Å². The fraction of sp³-hybridized carbons (Fsp3) is 0.143. The van der Waals surface area contributed by atoms with E-state index in [-0.39, 0.29) is 6.04 Å². The van der Waals surface area contributed by atoms with Crippen LogP contribution in [-0.4, -0.2) is 15.4 Å². The minimum Gasteiger partial charge on any atom is -0.472 e. The topological polar surface area (TPSA) is 92.8 Å². The van der Waals surface area contributed by atoms with Gasteiger partial charge in [0.05, 0.1) is 24.8 Å². The maximum absolute atomic E-state index is 5.38. The summed E-state index contributed by atoms with van der Waals surface area (Å²) in [5.41, 5.74) is 4.26. The number of nitrogens with one attached hydrogen (secondary N) is 2. The summed E-state index contributed by atoms with van der Waals surface area (Å²) in [6.45, 7) is 0. The van der Waals surface area contributed by atoms with Gasteiger partial charge in [0.1, 0.15) is 5.69 Å². The first-order valence-electron chi connectivity index (χ1n) is 3.75. The molecule has 0 spiro atoms. The molecule has 1 unspecified atom stereocenters. The molecule has 0 radical (unpaired) electrons. The zero-order valence-electron chi connectivity index (χ0n) is 6.77. The van der Waals surface area contributed by atoms with Crippen LogP contribution in [0, 0.1) is 0 Å². The Kier molecular flexibility index (Phi) is 2.07. The zero-order chi connectivity index (χ0) is 9.10. The molecule has 0 aliphatic carbocycles. The molecule has 1 atom stereocenters. The van der Waals surface area contributed by atoms with E-state index in [2.05, 4.69) is 20.8 Å². The van der Waals surface area contributed by atoms with E-state index in [1.54, 1.807) is 18.7 Å². The molecule has 4 N–H and O–H groups in total. The van der Waals surface area contributed by atoms with Crippen LogP contribution in [0.15, 0.2) is 29.2 Å². The Morgan fingerprint density at radius 2 is 2.54 bits per heavy atom. The SMILES string of the molecule is NNC(c1ccoc1)c1cn[nH]n1. The van der Waals surface area contributed by atoms with Gasteiger partial charge in [-0.2, -0.15) is 15.4 Å². The van der Waals surface area contributed by atoms with E-state index >= 15 is 0 Å². The average molecular weight is 179 g/mol. The Bertz CT molecular complexity index is 307. The summed E-state index contributed by atoms with van der Waals surface area (Å²) < 4.78 is 4.94. The molecule has 13 heavy (non-hydrogen) atoms. The molecule has 0 aliphatic rings. The number of nitrogens with two attached hydrogens (primary N) is 1. The van der Waals surface area contributed by atoms with Crippen molar-refractivity contribution in [1.29, 1.82) is 0 Å². The smallest absolute Gasteiger partial charge is 0.105 e. The molecule has 6 nitrogen and oxygen atoms in total. The van der Waals surface area contributed by atoms with Crippen molar-refractivity contribution >= 4 is 0 Å². The van der Waals surface area contributed by atoms with Crippen molar-refractivity contribution in [2.75, 3.05) is 0 Å². The van der Waals surface area contributed by atoms with Gasteiger partial charge in [-0.25, -0.2) is 5.43 Å². The second-order valence-electron chi connectivity index (χ2n) is 2.55. The molecule has 2 aromatic heterocycles. The van der Waals surface area contributed by atoms with Gasteiger partial charge in [0.2, 0.25) is 0 Å². The van der Waals surface area contributed by atoms with Crippen molar-refractivity contribution in [2.24, 2.45) is 5.84 Å². The van der Waals surface area contributed by atoms with Gasteiger partial charge in [-0.3, -0.25) is 5.84 Å². The van der Waals surface area contributed by atoms with Gasteiger partial charge in [0.15, 0.2) is 0 Å². The minimum absolute atomic E-state index is 0.183. The molecule has 2 rings (SSSR count). The molecule has 0 fully saturated rings. The van der Waals surface area contributed by atoms with E-state index in [1.807, 2.05) is 6.07 Å². The lowest BCUT2D eigenvalue weighted by molar-refractivity contribution is 0.550. The van der Waals surface area contributed by atoms with E-state index in [9.17, 15) is 0 Å². The molecule has 0 aliphatic heterocycles. The molecular formula is C7H9N5O. The van der Waals surface area contributed by atoms with Crippen LogP contribution in [0.2, 0.25) is 0 Å². The van der Waals surface area contributed by atoms with E-state index in [0.29, 0.717) is 0 Å². The fourth-order valence-electron chi connectivity index (χ4n) is 1.14. The van der Waals surface area contributed by atoms with Gasteiger partial charge in [-0.1, -0.05) is 0 Å². The lowest BCUT2D eigenvalue weighted by Gasteiger charge is -2.09. The number of furan rings is 1. The van der Waals surface area contributed by atoms with Crippen molar-refractivity contribution in [3.05, 3.63) is 36.0 Å². The highest BCUT2D eigenvalue weighted by atomic mass is 16.3. The standard InChI is InChI=1S/C7H9N5O/c8-10-7(5-1-2-13-4-5)6-3-9-12-11-6/h1-4,7,10H,8H2,(H,9,11,12). The van der Waals surface area contributed by atoms with Crippen molar-refractivity contribution in [1.82, 2.24) is 20.8 Å². The number of nitrogens with zero attached hydrogens (tertiary/aromatic N) is 2. The van der Waals surface area contributed by atoms with Gasteiger partial charge in [0, 0.05) is 5.56 Å². The lowest BCUT2D eigenvalue weighted by atomic mass is 10.1. The Balaban J connectivity index is 2.29. The van der Waals surface area contributed by atoms with Crippen LogP contribution in [0.25, 0.3) is 0 Å². The summed E-state index contributed by atoms with van der Waals surface area (Å²) in [4.78, 5) is 0. The second kappa shape index (κ2) is 3.38. The third-order valence-corrected chi connectivity index (χ3v) is 1.77. The van der Waals surface area contributed by atoms with Crippen LogP contribution in [0.5, 0.6) is 0 Å². The van der Waals surface area contributed by atoms with Gasteiger partial charge in [-0.15, -0.1) is 0 Å². The number of aromatic amines is 1. The Labute approximate surface area is 74.1 Å². The summed E-state index contributed by atoms with van der Waals surface area (Å²) in [5.74, 6) is 5.38. The summed E-state index contributed by atoms with van der Waals surface area (Å²) in [5, 5.41) is 10.1. The number of rotatable bonds is 3. The minimum atomic E-state index is -0.183. The highest BCUT2D eigenvalue weighted by Gasteiger charge is 2.15. The molecular weight excluding hydrogens is 170 g/mol. The number of hydrogen-bond acceptors (Lipinski definition) is 5. The van der Waals surface area contributed by atoms with Crippen LogP contribution in [-0.2, 0) is 0 Å². The first-order valence-corrected chi connectivity index (χ1v) is 3.75.